The molecular formula is C16H26ClN3S. The first-order valence-electron chi connectivity index (χ1n) is 7.76. The van der Waals surface area contributed by atoms with E-state index < -0.39 is 0 Å². The van der Waals surface area contributed by atoms with Crippen LogP contribution in [-0.2, 0) is 6.54 Å². The third-order valence-electron chi connectivity index (χ3n) is 3.82. The molecule has 0 aliphatic carbocycles. The van der Waals surface area contributed by atoms with Crippen LogP contribution in [0.5, 0.6) is 0 Å². The van der Waals surface area contributed by atoms with Crippen LogP contribution >= 0.6 is 23.4 Å². The van der Waals surface area contributed by atoms with Crippen molar-refractivity contribution in [1.29, 1.82) is 0 Å². The highest BCUT2D eigenvalue weighted by Crippen LogP contribution is 2.32. The van der Waals surface area contributed by atoms with Crippen molar-refractivity contribution in [3.8, 4) is 0 Å². The molecule has 0 bridgehead atoms. The Kier molecular flexibility index (Phi) is 6.20. The molecule has 2 heterocycles. The molecular weight excluding hydrogens is 302 g/mol. The Labute approximate surface area is 137 Å². The lowest BCUT2D eigenvalue weighted by Crippen LogP contribution is -2.28. The van der Waals surface area contributed by atoms with Crippen molar-refractivity contribution in [3.05, 3.63) is 22.8 Å². The molecule has 1 aliphatic rings. The van der Waals surface area contributed by atoms with Crippen LogP contribution in [0.4, 0.5) is 5.82 Å². The summed E-state index contributed by atoms with van der Waals surface area (Å²) in [7, 11) is 0. The summed E-state index contributed by atoms with van der Waals surface area (Å²) in [5, 5.41) is 4.17. The molecule has 0 spiro atoms. The molecule has 0 amide bonds. The van der Waals surface area contributed by atoms with Gasteiger partial charge in [-0.15, -0.1) is 0 Å². The van der Waals surface area contributed by atoms with Crippen LogP contribution < -0.4 is 10.2 Å². The van der Waals surface area contributed by atoms with Gasteiger partial charge in [-0.2, -0.15) is 11.8 Å². The van der Waals surface area contributed by atoms with Crippen molar-refractivity contribution in [1.82, 2.24) is 10.3 Å². The van der Waals surface area contributed by atoms with Crippen molar-refractivity contribution in [2.75, 3.05) is 30.3 Å². The van der Waals surface area contributed by atoms with E-state index in [2.05, 4.69) is 53.8 Å². The molecule has 1 aromatic rings. The molecule has 21 heavy (non-hydrogen) atoms. The molecule has 1 aromatic heterocycles. The predicted molar refractivity (Wildman–Crippen MR) is 94.6 cm³/mol. The van der Waals surface area contributed by atoms with E-state index in [1.807, 2.05) is 0 Å². The lowest BCUT2D eigenvalue weighted by atomic mass is 10.1. The lowest BCUT2D eigenvalue weighted by molar-refractivity contribution is 0.634. The average Bonchev–Trinajstić information content (AvgIpc) is 2.62. The monoisotopic (exact) mass is 327 g/mol. The van der Waals surface area contributed by atoms with E-state index in [-0.39, 0.29) is 0 Å². The quantitative estimate of drug-likeness (QED) is 0.829. The molecule has 1 fully saturated rings. The fraction of sp³-hybridized carbons (Fsp3) is 0.688. The third kappa shape index (κ3) is 5.04. The van der Waals surface area contributed by atoms with Gasteiger partial charge in [0.25, 0.3) is 0 Å². The average molecular weight is 328 g/mol. The summed E-state index contributed by atoms with van der Waals surface area (Å²) >= 11 is 8.32. The first kappa shape index (κ1) is 16.9. The number of pyridine rings is 1. The second-order valence-corrected chi connectivity index (χ2v) is 8.37. The van der Waals surface area contributed by atoms with Gasteiger partial charge in [-0.25, -0.2) is 4.98 Å². The summed E-state index contributed by atoms with van der Waals surface area (Å²) in [4.78, 5) is 6.93. The van der Waals surface area contributed by atoms with E-state index in [9.17, 15) is 0 Å². The Morgan fingerprint density at radius 2 is 2.24 bits per heavy atom. The predicted octanol–water partition coefficient (Wildman–Crippen LogP) is 3.96. The van der Waals surface area contributed by atoms with Crippen LogP contribution in [-0.4, -0.2) is 35.1 Å². The van der Waals surface area contributed by atoms with Gasteiger partial charge in [-0.1, -0.05) is 32.4 Å². The maximum atomic E-state index is 6.27. The van der Waals surface area contributed by atoms with Gasteiger partial charge in [0.05, 0.1) is 5.02 Å². The first-order chi connectivity index (χ1) is 10.0. The van der Waals surface area contributed by atoms with Crippen LogP contribution in [0.3, 0.4) is 0 Å². The van der Waals surface area contributed by atoms with Gasteiger partial charge in [0.1, 0.15) is 5.82 Å². The number of hydrogen-bond donors (Lipinski definition) is 1. The summed E-state index contributed by atoms with van der Waals surface area (Å²) < 4.78 is 0.368. The van der Waals surface area contributed by atoms with E-state index in [4.69, 9.17) is 11.6 Å². The zero-order chi connectivity index (χ0) is 15.3. The van der Waals surface area contributed by atoms with E-state index in [1.165, 1.54) is 6.42 Å². The number of anilines is 1. The minimum Gasteiger partial charge on any atom is -0.356 e. The second kappa shape index (κ2) is 7.70. The van der Waals surface area contributed by atoms with E-state index in [0.29, 0.717) is 4.75 Å². The molecule has 0 aromatic carbocycles. The summed E-state index contributed by atoms with van der Waals surface area (Å²) in [5.74, 6) is 2.21. The van der Waals surface area contributed by atoms with Gasteiger partial charge in [0, 0.05) is 36.3 Å². The van der Waals surface area contributed by atoms with Gasteiger partial charge < -0.3 is 10.2 Å². The standard InChI is InChI=1S/C16H26ClN3S/c1-4-6-18-11-13-10-15(19-12-14(13)17)20-7-5-16(2,3)21-9-8-20/h10,12,18H,4-9,11H2,1-3H3. The molecule has 1 N–H and O–H groups in total. The second-order valence-electron chi connectivity index (χ2n) is 6.16. The van der Waals surface area contributed by atoms with Crippen molar-refractivity contribution in [2.24, 2.45) is 0 Å². The van der Waals surface area contributed by atoms with Crippen molar-refractivity contribution in [2.45, 2.75) is 44.9 Å². The summed E-state index contributed by atoms with van der Waals surface area (Å²) in [6, 6.07) is 2.15. The fourth-order valence-electron chi connectivity index (χ4n) is 2.43. The first-order valence-corrected chi connectivity index (χ1v) is 9.12. The Morgan fingerprint density at radius 3 is 3.00 bits per heavy atom. The number of thioether (sulfide) groups is 1. The van der Waals surface area contributed by atoms with Crippen LogP contribution in [0, 0.1) is 0 Å². The van der Waals surface area contributed by atoms with E-state index >= 15 is 0 Å². The third-order valence-corrected chi connectivity index (χ3v) is 5.54. The minimum absolute atomic E-state index is 0.368. The lowest BCUT2D eigenvalue weighted by Gasteiger charge is -2.24. The normalized spacial score (nSPS) is 18.6. The Balaban J connectivity index is 2.07. The van der Waals surface area contributed by atoms with Gasteiger partial charge in [-0.05, 0) is 31.0 Å². The molecule has 118 valence electrons. The molecule has 0 saturated carbocycles. The molecule has 1 aliphatic heterocycles. The smallest absolute Gasteiger partial charge is 0.128 e. The summed E-state index contributed by atoms with van der Waals surface area (Å²) in [6.45, 7) is 10.8. The maximum absolute atomic E-state index is 6.27. The van der Waals surface area contributed by atoms with Crippen LogP contribution in [0.2, 0.25) is 5.02 Å². The number of hydrogen-bond acceptors (Lipinski definition) is 4. The summed E-state index contributed by atoms with van der Waals surface area (Å²) in [5.41, 5.74) is 1.14. The van der Waals surface area contributed by atoms with Gasteiger partial charge in [-0.3, -0.25) is 0 Å². The summed E-state index contributed by atoms with van der Waals surface area (Å²) in [6.07, 6.45) is 4.11. The zero-order valence-electron chi connectivity index (χ0n) is 13.3. The number of halogens is 1. The molecule has 2 rings (SSSR count). The molecule has 5 heteroatoms. The molecule has 0 unspecified atom stereocenters. The van der Waals surface area contributed by atoms with Crippen molar-refractivity contribution in [3.63, 3.8) is 0 Å². The van der Waals surface area contributed by atoms with Crippen LogP contribution in [0.25, 0.3) is 0 Å². The minimum atomic E-state index is 0.368. The number of rotatable bonds is 5. The molecule has 0 radical (unpaired) electrons. The topological polar surface area (TPSA) is 28.2 Å². The zero-order valence-corrected chi connectivity index (χ0v) is 14.9. The highest BCUT2D eigenvalue weighted by atomic mass is 35.5. The Hall–Kier alpha value is -0.450. The Morgan fingerprint density at radius 1 is 1.43 bits per heavy atom. The van der Waals surface area contributed by atoms with Gasteiger partial charge in [0.2, 0.25) is 0 Å². The van der Waals surface area contributed by atoms with E-state index in [1.54, 1.807) is 6.20 Å². The van der Waals surface area contributed by atoms with Crippen molar-refractivity contribution >= 4 is 29.2 Å². The van der Waals surface area contributed by atoms with E-state index in [0.717, 1.165) is 54.8 Å². The number of nitrogens with one attached hydrogen (secondary N) is 1. The number of nitrogens with zero attached hydrogens (tertiary/aromatic N) is 2. The molecule has 1 saturated heterocycles. The van der Waals surface area contributed by atoms with Gasteiger partial charge in [0.15, 0.2) is 0 Å². The highest BCUT2D eigenvalue weighted by molar-refractivity contribution is 8.00. The molecule has 0 atom stereocenters. The van der Waals surface area contributed by atoms with Gasteiger partial charge >= 0.3 is 0 Å². The Bertz CT molecular complexity index is 465. The maximum Gasteiger partial charge on any atom is 0.128 e. The SMILES string of the molecule is CCCNCc1cc(N2CCSC(C)(C)CC2)ncc1Cl. The van der Waals surface area contributed by atoms with Crippen LogP contribution in [0.15, 0.2) is 12.3 Å². The number of aromatic nitrogens is 1. The van der Waals surface area contributed by atoms with Crippen molar-refractivity contribution < 1.29 is 0 Å². The molecule has 3 nitrogen and oxygen atoms in total. The largest absolute Gasteiger partial charge is 0.356 e. The highest BCUT2D eigenvalue weighted by Gasteiger charge is 2.24. The fourth-order valence-corrected chi connectivity index (χ4v) is 3.70. The van der Waals surface area contributed by atoms with Crippen LogP contribution in [0.1, 0.15) is 39.2 Å².